The SMILES string of the molecule is CC(C(=O)NCc1cccc(OC(F)(F)F)c1)C(=O)N[C@@H](Cc1coc2ccccc12)OB(O)O. The fourth-order valence-electron chi connectivity index (χ4n) is 3.27. The molecule has 35 heavy (non-hydrogen) atoms. The molecule has 0 aliphatic rings. The van der Waals surface area contributed by atoms with Gasteiger partial charge in [0.2, 0.25) is 11.8 Å². The smallest absolute Gasteiger partial charge is 0.464 e. The lowest BCUT2D eigenvalue weighted by Gasteiger charge is -2.21. The Morgan fingerprint density at radius 2 is 1.86 bits per heavy atom. The molecule has 0 aliphatic heterocycles. The fourth-order valence-corrected chi connectivity index (χ4v) is 3.27. The van der Waals surface area contributed by atoms with Crippen molar-refractivity contribution in [3.63, 3.8) is 0 Å². The number of carbonyl (C=O) groups excluding carboxylic acids is 2. The minimum atomic E-state index is -4.85. The first-order valence-electron chi connectivity index (χ1n) is 10.4. The van der Waals surface area contributed by atoms with Gasteiger partial charge in [0, 0.05) is 23.9 Å². The van der Waals surface area contributed by atoms with Crippen LogP contribution < -0.4 is 15.4 Å². The van der Waals surface area contributed by atoms with E-state index in [0.29, 0.717) is 16.7 Å². The van der Waals surface area contributed by atoms with Crippen LogP contribution in [0.1, 0.15) is 18.1 Å². The Labute approximate surface area is 198 Å². The second kappa shape index (κ2) is 11.3. The molecule has 0 saturated carbocycles. The van der Waals surface area contributed by atoms with E-state index < -0.39 is 43.4 Å². The van der Waals surface area contributed by atoms with Crippen molar-refractivity contribution < 1.29 is 46.6 Å². The standard InChI is InChI=1S/C22H22BF3N2O7/c1-13(20(29)27-11-14-5-4-6-16(9-14)34-22(24,25)26)21(30)28-19(35-23(31)32)10-15-12-33-18-8-3-2-7-17(15)18/h2-9,12-13,19,31-32H,10-11H2,1H3,(H,27,29)(H,28,30)/t13?,19-/m1/s1. The Balaban J connectivity index is 1.59. The Kier molecular flexibility index (Phi) is 8.38. The predicted octanol–water partition coefficient (Wildman–Crippen LogP) is 2.25. The molecule has 1 unspecified atom stereocenters. The van der Waals surface area contributed by atoms with E-state index in [0.717, 1.165) is 17.5 Å². The van der Waals surface area contributed by atoms with Crippen LogP contribution in [0.2, 0.25) is 0 Å². The second-order valence-corrected chi connectivity index (χ2v) is 7.56. The summed E-state index contributed by atoms with van der Waals surface area (Å²) in [5.74, 6) is -3.14. The minimum Gasteiger partial charge on any atom is -0.464 e. The topological polar surface area (TPSA) is 130 Å². The van der Waals surface area contributed by atoms with Gasteiger partial charge in [0.1, 0.15) is 23.5 Å². The van der Waals surface area contributed by atoms with E-state index in [2.05, 4.69) is 15.4 Å². The summed E-state index contributed by atoms with van der Waals surface area (Å²) < 4.78 is 51.4. The molecule has 0 aliphatic carbocycles. The van der Waals surface area contributed by atoms with Gasteiger partial charge >= 0.3 is 13.7 Å². The summed E-state index contributed by atoms with van der Waals surface area (Å²) in [5.41, 5.74) is 1.54. The Morgan fingerprint density at radius 3 is 2.57 bits per heavy atom. The van der Waals surface area contributed by atoms with Crippen LogP contribution in [0.5, 0.6) is 5.75 Å². The third-order valence-corrected chi connectivity index (χ3v) is 4.94. The van der Waals surface area contributed by atoms with Crippen molar-refractivity contribution in [2.75, 3.05) is 0 Å². The summed E-state index contributed by atoms with van der Waals surface area (Å²) in [5, 5.41) is 24.1. The average molecular weight is 494 g/mol. The Hall–Kier alpha value is -3.55. The highest BCUT2D eigenvalue weighted by Crippen LogP contribution is 2.24. The number of fused-ring (bicyclic) bond motifs is 1. The van der Waals surface area contributed by atoms with Crippen LogP contribution in [-0.2, 0) is 27.2 Å². The Morgan fingerprint density at radius 1 is 1.11 bits per heavy atom. The second-order valence-electron chi connectivity index (χ2n) is 7.56. The van der Waals surface area contributed by atoms with E-state index in [-0.39, 0.29) is 13.0 Å². The van der Waals surface area contributed by atoms with Crippen LogP contribution in [0, 0.1) is 5.92 Å². The molecule has 1 heterocycles. The minimum absolute atomic E-state index is 0.0146. The van der Waals surface area contributed by atoms with Gasteiger partial charge in [0.05, 0.1) is 6.26 Å². The summed E-state index contributed by atoms with van der Waals surface area (Å²) in [6.45, 7) is 1.16. The number of alkyl halides is 3. The van der Waals surface area contributed by atoms with E-state index in [1.54, 1.807) is 24.3 Å². The monoisotopic (exact) mass is 494 g/mol. The maximum Gasteiger partial charge on any atom is 0.635 e. The number of amides is 2. The van der Waals surface area contributed by atoms with Crippen LogP contribution >= 0.6 is 0 Å². The summed E-state index contributed by atoms with van der Waals surface area (Å²) in [7, 11) is -2.19. The van der Waals surface area contributed by atoms with Gasteiger partial charge in [-0.15, -0.1) is 13.2 Å². The van der Waals surface area contributed by atoms with Gasteiger partial charge in [-0.1, -0.05) is 30.3 Å². The molecule has 3 aromatic rings. The molecule has 2 amide bonds. The molecule has 13 heteroatoms. The molecule has 3 rings (SSSR count). The average Bonchev–Trinajstić information content (AvgIpc) is 3.18. The molecule has 2 aromatic carbocycles. The molecule has 4 N–H and O–H groups in total. The summed E-state index contributed by atoms with van der Waals surface area (Å²) in [4.78, 5) is 25.0. The highest BCUT2D eigenvalue weighted by Gasteiger charge is 2.31. The van der Waals surface area contributed by atoms with Crippen molar-refractivity contribution in [2.24, 2.45) is 5.92 Å². The molecular weight excluding hydrogens is 472 g/mol. The zero-order chi connectivity index (χ0) is 25.6. The first-order chi connectivity index (χ1) is 16.5. The van der Waals surface area contributed by atoms with E-state index in [4.69, 9.17) is 9.07 Å². The summed E-state index contributed by atoms with van der Waals surface area (Å²) >= 11 is 0. The quantitative estimate of drug-likeness (QED) is 0.193. The molecule has 2 atom stereocenters. The molecule has 0 spiro atoms. The maximum absolute atomic E-state index is 12.6. The number of carbonyl (C=O) groups is 2. The van der Waals surface area contributed by atoms with E-state index in [9.17, 15) is 32.8 Å². The van der Waals surface area contributed by atoms with Gasteiger partial charge in [-0.25, -0.2) is 0 Å². The van der Waals surface area contributed by atoms with Crippen LogP contribution in [0.15, 0.2) is 59.2 Å². The summed E-state index contributed by atoms with van der Waals surface area (Å²) in [6.07, 6.45) is -4.59. The molecule has 0 bridgehead atoms. The first kappa shape index (κ1) is 26.1. The maximum atomic E-state index is 12.6. The number of furan rings is 1. The van der Waals surface area contributed by atoms with Gasteiger partial charge in [0.25, 0.3) is 0 Å². The van der Waals surface area contributed by atoms with Gasteiger partial charge in [-0.2, -0.15) is 0 Å². The third kappa shape index (κ3) is 7.74. The zero-order valence-electron chi connectivity index (χ0n) is 18.4. The third-order valence-electron chi connectivity index (χ3n) is 4.94. The first-order valence-corrected chi connectivity index (χ1v) is 10.4. The van der Waals surface area contributed by atoms with Crippen LogP contribution in [0.4, 0.5) is 13.2 Å². The molecule has 0 fully saturated rings. The van der Waals surface area contributed by atoms with E-state index >= 15 is 0 Å². The molecular formula is C22H22BF3N2O7. The number of hydrogen-bond acceptors (Lipinski definition) is 7. The molecule has 0 saturated heterocycles. The normalized spacial score (nSPS) is 13.2. The highest BCUT2D eigenvalue weighted by molar-refractivity contribution is 6.32. The largest absolute Gasteiger partial charge is 0.635 e. The lowest BCUT2D eigenvalue weighted by atomic mass is 10.1. The number of ether oxygens (including phenoxy) is 1. The van der Waals surface area contributed by atoms with Gasteiger partial charge in [-0.3, -0.25) is 9.59 Å². The van der Waals surface area contributed by atoms with Crippen molar-refractivity contribution in [3.05, 3.63) is 65.9 Å². The molecule has 1 aromatic heterocycles. The number of hydrogen-bond donors (Lipinski definition) is 4. The van der Waals surface area contributed by atoms with Crippen molar-refractivity contribution in [1.82, 2.24) is 10.6 Å². The molecule has 186 valence electrons. The number of benzene rings is 2. The van der Waals surface area contributed by atoms with Gasteiger partial charge in [-0.05, 0) is 30.7 Å². The van der Waals surface area contributed by atoms with Crippen LogP contribution in [0.25, 0.3) is 11.0 Å². The van der Waals surface area contributed by atoms with Crippen LogP contribution in [0.3, 0.4) is 0 Å². The summed E-state index contributed by atoms with van der Waals surface area (Å²) in [6, 6.07) is 12.1. The zero-order valence-corrected chi connectivity index (χ0v) is 18.4. The van der Waals surface area contributed by atoms with Crippen molar-refractivity contribution in [2.45, 2.75) is 32.5 Å². The molecule has 9 nitrogen and oxygen atoms in total. The lowest BCUT2D eigenvalue weighted by Crippen LogP contribution is -2.47. The van der Waals surface area contributed by atoms with Crippen molar-refractivity contribution in [1.29, 1.82) is 0 Å². The van der Waals surface area contributed by atoms with E-state index in [1.165, 1.54) is 25.3 Å². The van der Waals surface area contributed by atoms with Crippen LogP contribution in [-0.4, -0.2) is 41.8 Å². The molecule has 0 radical (unpaired) electrons. The predicted molar refractivity (Wildman–Crippen MR) is 117 cm³/mol. The number of nitrogens with one attached hydrogen (secondary N) is 2. The fraction of sp³-hybridized carbons (Fsp3) is 0.273. The van der Waals surface area contributed by atoms with Crippen molar-refractivity contribution in [3.8, 4) is 5.75 Å². The highest BCUT2D eigenvalue weighted by atomic mass is 19.4. The van der Waals surface area contributed by atoms with E-state index in [1.807, 2.05) is 0 Å². The van der Waals surface area contributed by atoms with Gasteiger partial charge < -0.3 is 34.5 Å². The number of rotatable bonds is 10. The Bertz CT molecular complexity index is 1170. The number of halogens is 3. The van der Waals surface area contributed by atoms with Crippen molar-refractivity contribution >= 4 is 30.1 Å². The lowest BCUT2D eigenvalue weighted by molar-refractivity contribution is -0.274. The number of para-hydroxylation sites is 1. The van der Waals surface area contributed by atoms with Gasteiger partial charge in [0.15, 0.2) is 0 Å².